The zero-order valence-corrected chi connectivity index (χ0v) is 11.1. The van der Waals surface area contributed by atoms with Crippen LogP contribution in [0.25, 0.3) is 0 Å². The molecule has 0 amide bonds. The molecule has 2 heteroatoms. The lowest BCUT2D eigenvalue weighted by Crippen LogP contribution is -2.08. The van der Waals surface area contributed by atoms with Crippen LogP contribution in [0, 0.1) is 0 Å². The topological polar surface area (TPSA) is 0 Å². The molecule has 0 heterocycles. The summed E-state index contributed by atoms with van der Waals surface area (Å²) in [5, 5.41) is 0. The first-order valence-electron chi connectivity index (χ1n) is 5.50. The third-order valence-electron chi connectivity index (χ3n) is 2.46. The van der Waals surface area contributed by atoms with Gasteiger partial charge in [0.05, 0.1) is 0 Å². The lowest BCUT2D eigenvalue weighted by molar-refractivity contribution is 0.667. The van der Waals surface area contributed by atoms with Crippen LogP contribution in [0.15, 0.2) is 24.3 Å². The number of hydrogen-bond donors (Lipinski definition) is 0. The minimum atomic E-state index is -0.491. The number of rotatable bonds is 6. The fourth-order valence-electron chi connectivity index (χ4n) is 1.62. The molecule has 0 unspecified atom stereocenters. The van der Waals surface area contributed by atoms with E-state index in [1.54, 1.807) is 0 Å². The van der Waals surface area contributed by atoms with E-state index in [1.807, 2.05) is 0 Å². The SMILES string of the molecule is CCCCCCc1ccc[c]([Mg][Cl])c1. The minimum Gasteiger partial charge on any atom is -0.336 e. The van der Waals surface area contributed by atoms with Crippen molar-refractivity contribution in [3.63, 3.8) is 0 Å². The highest BCUT2D eigenvalue weighted by molar-refractivity contribution is 7.01. The summed E-state index contributed by atoms with van der Waals surface area (Å²) in [6.07, 6.45) is 6.58. The van der Waals surface area contributed by atoms with Gasteiger partial charge in [0.1, 0.15) is 0 Å². The smallest absolute Gasteiger partial charge is 0.336 e. The molecule has 0 saturated carbocycles. The van der Waals surface area contributed by atoms with Gasteiger partial charge in [0.25, 0.3) is 0 Å². The van der Waals surface area contributed by atoms with Crippen molar-refractivity contribution in [2.45, 2.75) is 39.0 Å². The molecule has 0 radical (unpaired) electrons. The summed E-state index contributed by atoms with van der Waals surface area (Å²) in [6, 6.07) is 8.79. The van der Waals surface area contributed by atoms with Crippen LogP contribution in [-0.4, -0.2) is 19.3 Å². The second-order valence-electron chi connectivity index (χ2n) is 3.76. The van der Waals surface area contributed by atoms with Gasteiger partial charge in [0.15, 0.2) is 0 Å². The summed E-state index contributed by atoms with van der Waals surface area (Å²) in [6.45, 7) is 2.25. The Labute approximate surface area is 101 Å². The molecule has 0 N–H and O–H groups in total. The van der Waals surface area contributed by atoms with Crippen LogP contribution in [0.5, 0.6) is 0 Å². The average molecular weight is 221 g/mol. The van der Waals surface area contributed by atoms with Crippen molar-refractivity contribution in [2.75, 3.05) is 0 Å². The van der Waals surface area contributed by atoms with Gasteiger partial charge in [-0.15, -0.1) is 3.69 Å². The Kier molecular flexibility index (Phi) is 6.66. The third kappa shape index (κ3) is 4.67. The quantitative estimate of drug-likeness (QED) is 0.510. The van der Waals surface area contributed by atoms with Crippen LogP contribution in [0.1, 0.15) is 38.2 Å². The molecule has 0 aliphatic rings. The molecule has 0 aliphatic heterocycles. The Morgan fingerprint density at radius 3 is 2.79 bits per heavy atom. The maximum atomic E-state index is 5.92. The first-order valence-corrected chi connectivity index (χ1v) is 8.35. The molecular formula is C12H17ClMg. The van der Waals surface area contributed by atoms with Crippen molar-refractivity contribution in [1.29, 1.82) is 0 Å². The van der Waals surface area contributed by atoms with E-state index in [0.717, 1.165) is 0 Å². The monoisotopic (exact) mass is 220 g/mol. The molecule has 1 aromatic carbocycles. The number of aryl methyl sites for hydroxylation is 1. The second-order valence-corrected chi connectivity index (χ2v) is 5.65. The molecule has 0 aromatic heterocycles. The van der Waals surface area contributed by atoms with Gasteiger partial charge in [-0.2, -0.15) is 0 Å². The number of halogens is 1. The summed E-state index contributed by atoms with van der Waals surface area (Å²) in [5.74, 6) is 0. The van der Waals surface area contributed by atoms with Crippen LogP contribution in [0.3, 0.4) is 0 Å². The van der Waals surface area contributed by atoms with Crippen molar-refractivity contribution < 1.29 is 0 Å². The van der Waals surface area contributed by atoms with E-state index in [4.69, 9.17) is 9.07 Å². The number of benzene rings is 1. The van der Waals surface area contributed by atoms with Crippen molar-refractivity contribution in [2.24, 2.45) is 0 Å². The van der Waals surface area contributed by atoms with Gasteiger partial charge in [-0.25, -0.2) is 0 Å². The van der Waals surface area contributed by atoms with Crippen molar-refractivity contribution in [3.8, 4) is 0 Å². The fourth-order valence-corrected chi connectivity index (χ4v) is 2.69. The van der Waals surface area contributed by atoms with Gasteiger partial charge in [0, 0.05) is 0 Å². The van der Waals surface area contributed by atoms with Crippen molar-refractivity contribution >= 4 is 32.0 Å². The molecule has 0 fully saturated rings. The van der Waals surface area contributed by atoms with Crippen molar-refractivity contribution in [3.05, 3.63) is 29.8 Å². The van der Waals surface area contributed by atoms with Gasteiger partial charge in [-0.3, -0.25) is 0 Å². The molecule has 1 rings (SSSR count). The van der Waals surface area contributed by atoms with Crippen LogP contribution < -0.4 is 3.69 Å². The van der Waals surface area contributed by atoms with Crippen LogP contribution in [0.2, 0.25) is 0 Å². The van der Waals surface area contributed by atoms with E-state index in [2.05, 4.69) is 31.2 Å². The van der Waals surface area contributed by atoms with Gasteiger partial charge in [0.2, 0.25) is 0 Å². The highest BCUT2D eigenvalue weighted by Gasteiger charge is 1.97. The largest absolute Gasteiger partial charge is 0.538 e. The average Bonchev–Trinajstić information content (AvgIpc) is 2.25. The zero-order chi connectivity index (χ0) is 10.2. The Bertz CT molecular complexity index is 260. The van der Waals surface area contributed by atoms with Gasteiger partial charge in [-0.1, -0.05) is 56.0 Å². The highest BCUT2D eigenvalue weighted by Crippen LogP contribution is 2.06. The van der Waals surface area contributed by atoms with Crippen molar-refractivity contribution in [1.82, 2.24) is 0 Å². The molecule has 1 aromatic rings. The summed E-state index contributed by atoms with van der Waals surface area (Å²) >= 11 is -0.491. The molecular weight excluding hydrogens is 204 g/mol. The first kappa shape index (κ1) is 12.3. The maximum absolute atomic E-state index is 5.92. The van der Waals surface area contributed by atoms with Gasteiger partial charge in [-0.05, 0) is 12.8 Å². The van der Waals surface area contributed by atoms with Gasteiger partial charge < -0.3 is 9.07 Å². The Morgan fingerprint density at radius 2 is 2.07 bits per heavy atom. The van der Waals surface area contributed by atoms with E-state index in [9.17, 15) is 0 Å². The first-order chi connectivity index (χ1) is 6.86. The maximum Gasteiger partial charge on any atom is 0.538 e. The van der Waals surface area contributed by atoms with E-state index < -0.39 is 19.3 Å². The Balaban J connectivity index is 2.34. The standard InChI is InChI=1S/C12H17.ClH.Mg/c1-2-3-4-6-9-12-10-7-5-8-11-12;;/h5,7,10-11H,2-4,6,9H2,1H3;1H;/q;;+1/p-1. The van der Waals surface area contributed by atoms with Crippen LogP contribution in [0.4, 0.5) is 0 Å². The highest BCUT2D eigenvalue weighted by atomic mass is 35.5. The Hall–Kier alpha value is 0.276. The van der Waals surface area contributed by atoms with E-state index in [-0.39, 0.29) is 0 Å². The predicted octanol–water partition coefficient (Wildman–Crippen LogP) is 3.29. The molecule has 14 heavy (non-hydrogen) atoms. The molecule has 0 spiro atoms. The molecule has 74 valence electrons. The van der Waals surface area contributed by atoms with E-state index in [0.29, 0.717) is 0 Å². The van der Waals surface area contributed by atoms with Gasteiger partial charge >= 0.3 is 19.3 Å². The Morgan fingerprint density at radius 1 is 1.21 bits per heavy atom. The molecule has 0 bridgehead atoms. The molecule has 0 nitrogen and oxygen atoms in total. The number of unbranched alkanes of at least 4 members (excludes halogenated alkanes) is 3. The minimum absolute atomic E-state index is 0.491. The molecule has 0 saturated heterocycles. The normalized spacial score (nSPS) is 9.86. The summed E-state index contributed by atoms with van der Waals surface area (Å²) < 4.78 is 1.37. The number of hydrogen-bond acceptors (Lipinski definition) is 0. The summed E-state index contributed by atoms with van der Waals surface area (Å²) in [7, 11) is 5.92. The van der Waals surface area contributed by atoms with Crippen LogP contribution >= 0.6 is 9.07 Å². The fraction of sp³-hybridized carbons (Fsp3) is 0.500. The third-order valence-corrected chi connectivity index (χ3v) is 4.14. The van der Waals surface area contributed by atoms with E-state index >= 15 is 0 Å². The molecule has 0 aliphatic carbocycles. The predicted molar refractivity (Wildman–Crippen MR) is 65.5 cm³/mol. The lowest BCUT2D eigenvalue weighted by Gasteiger charge is -2.03. The van der Waals surface area contributed by atoms with E-state index in [1.165, 1.54) is 41.4 Å². The summed E-state index contributed by atoms with van der Waals surface area (Å²) in [4.78, 5) is 0. The lowest BCUT2D eigenvalue weighted by atomic mass is 10.1. The molecule has 0 atom stereocenters. The zero-order valence-electron chi connectivity index (χ0n) is 8.93. The van der Waals surface area contributed by atoms with Crippen LogP contribution in [-0.2, 0) is 6.42 Å². The second kappa shape index (κ2) is 7.55. The summed E-state index contributed by atoms with van der Waals surface area (Å²) in [5.41, 5.74) is 1.46.